The molecule has 2 aromatic rings. The van der Waals surface area contributed by atoms with Crippen molar-refractivity contribution in [3.05, 3.63) is 74.3 Å². The van der Waals surface area contributed by atoms with Gasteiger partial charge in [-0.15, -0.1) is 0 Å². The minimum Gasteiger partial charge on any atom is -0.462 e. The number of nitro groups is 1. The van der Waals surface area contributed by atoms with Gasteiger partial charge in [0.15, 0.2) is 0 Å². The van der Waals surface area contributed by atoms with Crippen LogP contribution in [0.25, 0.3) is 0 Å². The molecule has 146 valence electrons. The fraction of sp³-hybridized carbons (Fsp3) is 0.263. The summed E-state index contributed by atoms with van der Waals surface area (Å²) >= 11 is 0.920. The van der Waals surface area contributed by atoms with Crippen LogP contribution in [0.3, 0.4) is 0 Å². The van der Waals surface area contributed by atoms with Gasteiger partial charge < -0.3 is 15.0 Å². The third-order valence-corrected chi connectivity index (χ3v) is 5.62. The standard InChI is InChI=1S/C19H19N3O5S/c1-12-16(18(23)27-11-10-13-6-4-3-5-7-13)17(20-19(24)21(12)2)14-8-9-15(28-14)22(25)26/h3-9,17H,10-11H2,1-2H3,(H,20,24)/t17-/m0/s1. The highest BCUT2D eigenvalue weighted by Crippen LogP contribution is 2.36. The van der Waals surface area contributed by atoms with Crippen LogP contribution in [0, 0.1) is 10.1 Å². The van der Waals surface area contributed by atoms with Gasteiger partial charge in [0.25, 0.3) is 0 Å². The fourth-order valence-corrected chi connectivity index (χ4v) is 3.78. The van der Waals surface area contributed by atoms with Crippen LogP contribution in [0.4, 0.5) is 9.80 Å². The number of urea groups is 1. The number of rotatable bonds is 6. The van der Waals surface area contributed by atoms with Crippen LogP contribution in [-0.4, -0.2) is 35.5 Å². The number of hydrogen-bond donors (Lipinski definition) is 1. The molecule has 1 aliphatic rings. The molecular weight excluding hydrogens is 382 g/mol. The average molecular weight is 401 g/mol. The number of thiophene rings is 1. The molecule has 1 aromatic heterocycles. The van der Waals surface area contributed by atoms with Crippen molar-refractivity contribution in [2.45, 2.75) is 19.4 Å². The second-order valence-corrected chi connectivity index (χ2v) is 7.34. The predicted octanol–water partition coefficient (Wildman–Crippen LogP) is 3.41. The van der Waals surface area contributed by atoms with Gasteiger partial charge in [0, 0.05) is 30.1 Å². The van der Waals surface area contributed by atoms with Gasteiger partial charge in [-0.25, -0.2) is 9.59 Å². The third kappa shape index (κ3) is 4.04. The van der Waals surface area contributed by atoms with Crippen LogP contribution in [0.15, 0.2) is 53.7 Å². The van der Waals surface area contributed by atoms with Crippen molar-refractivity contribution in [2.24, 2.45) is 0 Å². The largest absolute Gasteiger partial charge is 0.462 e. The maximum Gasteiger partial charge on any atom is 0.338 e. The van der Waals surface area contributed by atoms with Gasteiger partial charge >= 0.3 is 17.0 Å². The number of hydrogen-bond acceptors (Lipinski definition) is 6. The first kappa shape index (κ1) is 19.6. The molecule has 0 spiro atoms. The lowest BCUT2D eigenvalue weighted by Crippen LogP contribution is -2.46. The molecule has 9 heteroatoms. The third-order valence-electron chi connectivity index (χ3n) is 4.52. The Morgan fingerprint density at radius 2 is 2.00 bits per heavy atom. The van der Waals surface area contributed by atoms with Crippen LogP contribution >= 0.6 is 11.3 Å². The molecule has 1 aromatic carbocycles. The van der Waals surface area contributed by atoms with E-state index in [4.69, 9.17) is 4.74 Å². The molecule has 0 saturated carbocycles. The summed E-state index contributed by atoms with van der Waals surface area (Å²) in [5, 5.41) is 13.6. The first-order valence-corrected chi connectivity index (χ1v) is 9.40. The van der Waals surface area contributed by atoms with Crippen molar-refractivity contribution in [3.8, 4) is 0 Å². The quantitative estimate of drug-likeness (QED) is 0.454. The molecule has 1 atom stereocenters. The van der Waals surface area contributed by atoms with E-state index >= 15 is 0 Å². The Morgan fingerprint density at radius 3 is 2.64 bits per heavy atom. The van der Waals surface area contributed by atoms with Crippen molar-refractivity contribution in [1.82, 2.24) is 10.2 Å². The number of carbonyl (C=O) groups excluding carboxylic acids is 2. The maximum atomic E-state index is 12.8. The Hall–Kier alpha value is -3.20. The molecular formula is C19H19N3O5S. The van der Waals surface area contributed by atoms with E-state index in [2.05, 4.69) is 5.32 Å². The van der Waals surface area contributed by atoms with Crippen LogP contribution < -0.4 is 5.32 Å². The Morgan fingerprint density at radius 1 is 1.29 bits per heavy atom. The van der Waals surface area contributed by atoms with Crippen LogP contribution in [-0.2, 0) is 16.0 Å². The molecule has 2 amide bonds. The molecule has 0 fully saturated rings. The topological polar surface area (TPSA) is 102 Å². The van der Waals surface area contributed by atoms with E-state index in [9.17, 15) is 19.7 Å². The Labute approximate surface area is 165 Å². The zero-order valence-corrected chi connectivity index (χ0v) is 16.2. The molecule has 1 N–H and O–H groups in total. The van der Waals surface area contributed by atoms with Crippen molar-refractivity contribution in [2.75, 3.05) is 13.7 Å². The summed E-state index contributed by atoms with van der Waals surface area (Å²) in [5.74, 6) is -0.554. The summed E-state index contributed by atoms with van der Waals surface area (Å²) in [4.78, 5) is 37.3. The number of allylic oxidation sites excluding steroid dienone is 1. The Balaban J connectivity index is 1.81. The van der Waals surface area contributed by atoms with Gasteiger partial charge in [-0.1, -0.05) is 41.7 Å². The van der Waals surface area contributed by atoms with Crippen LogP contribution in [0.2, 0.25) is 0 Å². The predicted molar refractivity (Wildman–Crippen MR) is 104 cm³/mol. The van der Waals surface area contributed by atoms with E-state index < -0.39 is 16.9 Å². The zero-order valence-electron chi connectivity index (χ0n) is 15.4. The van der Waals surface area contributed by atoms with Gasteiger partial charge in [-0.3, -0.25) is 10.1 Å². The molecule has 28 heavy (non-hydrogen) atoms. The smallest absolute Gasteiger partial charge is 0.338 e. The van der Waals surface area contributed by atoms with E-state index in [1.54, 1.807) is 20.0 Å². The number of nitrogens with zero attached hydrogens (tertiary/aromatic N) is 2. The van der Waals surface area contributed by atoms with E-state index in [0.717, 1.165) is 16.9 Å². The minimum absolute atomic E-state index is 0.0578. The second-order valence-electron chi connectivity index (χ2n) is 6.25. The Kier molecular flexibility index (Phi) is 5.74. The van der Waals surface area contributed by atoms with Crippen molar-refractivity contribution >= 4 is 28.3 Å². The first-order valence-electron chi connectivity index (χ1n) is 8.58. The van der Waals surface area contributed by atoms with Crippen LogP contribution in [0.5, 0.6) is 0 Å². The molecule has 1 aliphatic heterocycles. The Bertz CT molecular complexity index is 938. The van der Waals surface area contributed by atoms with Crippen molar-refractivity contribution in [1.29, 1.82) is 0 Å². The van der Waals surface area contributed by atoms with E-state index in [1.165, 1.54) is 11.0 Å². The number of ether oxygens (including phenoxy) is 1. The molecule has 0 bridgehead atoms. The summed E-state index contributed by atoms with van der Waals surface area (Å²) in [6.45, 7) is 1.84. The zero-order chi connectivity index (χ0) is 20.3. The second kappa shape index (κ2) is 8.22. The van der Waals surface area contributed by atoms with E-state index in [-0.39, 0.29) is 23.2 Å². The van der Waals surface area contributed by atoms with E-state index in [1.807, 2.05) is 30.3 Å². The SMILES string of the molecule is CC1=C(C(=O)OCCc2ccccc2)[C@H](c2ccc([N+](=O)[O-])s2)NC(=O)N1C. The molecule has 0 aliphatic carbocycles. The van der Waals surface area contributed by atoms with Gasteiger partial charge in [0.2, 0.25) is 0 Å². The van der Waals surface area contributed by atoms with E-state index in [0.29, 0.717) is 17.0 Å². The summed E-state index contributed by atoms with van der Waals surface area (Å²) in [7, 11) is 1.55. The molecule has 8 nitrogen and oxygen atoms in total. The highest BCUT2D eigenvalue weighted by molar-refractivity contribution is 7.15. The number of carbonyl (C=O) groups is 2. The van der Waals surface area contributed by atoms with Gasteiger partial charge in [-0.2, -0.15) is 0 Å². The lowest BCUT2D eigenvalue weighted by Gasteiger charge is -2.32. The highest BCUT2D eigenvalue weighted by Gasteiger charge is 2.36. The maximum absolute atomic E-state index is 12.8. The first-order chi connectivity index (χ1) is 13.4. The molecule has 0 unspecified atom stereocenters. The summed E-state index contributed by atoms with van der Waals surface area (Å²) in [6.07, 6.45) is 0.566. The molecule has 3 rings (SSSR count). The van der Waals surface area contributed by atoms with Gasteiger partial charge in [-0.05, 0) is 18.6 Å². The number of nitrogens with one attached hydrogen (secondary N) is 1. The number of benzene rings is 1. The number of amides is 2. The van der Waals surface area contributed by atoms with Crippen molar-refractivity contribution < 1.29 is 19.2 Å². The average Bonchev–Trinajstić information content (AvgIpc) is 3.17. The molecule has 2 heterocycles. The summed E-state index contributed by atoms with van der Waals surface area (Å²) in [5.41, 5.74) is 1.77. The van der Waals surface area contributed by atoms with Gasteiger partial charge in [0.05, 0.1) is 23.1 Å². The van der Waals surface area contributed by atoms with Gasteiger partial charge in [0.1, 0.15) is 0 Å². The molecule has 0 radical (unpaired) electrons. The lowest BCUT2D eigenvalue weighted by molar-refractivity contribution is -0.380. The normalized spacial score (nSPS) is 16.7. The summed E-state index contributed by atoms with van der Waals surface area (Å²) < 4.78 is 5.44. The summed E-state index contributed by atoms with van der Waals surface area (Å²) in [6, 6.07) is 11.4. The van der Waals surface area contributed by atoms with Crippen molar-refractivity contribution in [3.63, 3.8) is 0 Å². The minimum atomic E-state index is -0.786. The number of esters is 1. The highest BCUT2D eigenvalue weighted by atomic mass is 32.1. The fourth-order valence-electron chi connectivity index (χ4n) is 2.89. The molecule has 0 saturated heterocycles. The lowest BCUT2D eigenvalue weighted by atomic mass is 10.0. The van der Waals surface area contributed by atoms with Crippen LogP contribution in [0.1, 0.15) is 23.4 Å². The monoisotopic (exact) mass is 401 g/mol.